The zero-order valence-corrected chi connectivity index (χ0v) is 14.0. The minimum Gasteiger partial charge on any atom is -0.346 e. The molecule has 6 heteroatoms. The lowest BCUT2D eigenvalue weighted by atomic mass is 9.93. The molecule has 1 atom stereocenters. The average Bonchev–Trinajstić information content (AvgIpc) is 3.40. The van der Waals surface area contributed by atoms with Crippen molar-refractivity contribution >= 4 is 11.8 Å². The van der Waals surface area contributed by atoms with E-state index in [1.807, 2.05) is 7.05 Å². The lowest BCUT2D eigenvalue weighted by molar-refractivity contribution is -0.134. The van der Waals surface area contributed by atoms with Gasteiger partial charge in [-0.1, -0.05) is 12.1 Å². The molecule has 1 aliphatic heterocycles. The minimum atomic E-state index is -0.307. The van der Waals surface area contributed by atoms with Gasteiger partial charge < -0.3 is 15.1 Å². The number of benzene rings is 1. The highest BCUT2D eigenvalue weighted by Gasteiger charge is 2.37. The Balaban J connectivity index is 1.56. The molecule has 0 aromatic heterocycles. The summed E-state index contributed by atoms with van der Waals surface area (Å²) in [4.78, 5) is 28.8. The van der Waals surface area contributed by atoms with Crippen LogP contribution < -0.4 is 5.32 Å². The van der Waals surface area contributed by atoms with E-state index in [-0.39, 0.29) is 30.1 Å². The van der Waals surface area contributed by atoms with Gasteiger partial charge in [0.15, 0.2) is 0 Å². The van der Waals surface area contributed by atoms with Gasteiger partial charge in [0, 0.05) is 26.2 Å². The van der Waals surface area contributed by atoms with Crippen molar-refractivity contribution in [1.82, 2.24) is 15.1 Å². The molecule has 1 aromatic rings. The molecular weight excluding hydrogens is 309 g/mol. The molecule has 0 radical (unpaired) electrons. The van der Waals surface area contributed by atoms with Gasteiger partial charge in [-0.25, -0.2) is 4.39 Å². The zero-order valence-electron chi connectivity index (χ0n) is 14.0. The van der Waals surface area contributed by atoms with Crippen LogP contribution in [0, 0.1) is 11.7 Å². The van der Waals surface area contributed by atoms with Crippen LogP contribution in [0.1, 0.15) is 24.3 Å². The lowest BCUT2D eigenvalue weighted by Crippen LogP contribution is -2.50. The maximum absolute atomic E-state index is 13.1. The predicted octanol–water partition coefficient (Wildman–Crippen LogP) is 1.21. The van der Waals surface area contributed by atoms with Crippen molar-refractivity contribution in [3.05, 3.63) is 35.6 Å². The molecule has 2 aliphatic rings. The van der Waals surface area contributed by atoms with Crippen LogP contribution in [0.5, 0.6) is 0 Å². The van der Waals surface area contributed by atoms with E-state index in [0.717, 1.165) is 31.5 Å². The summed E-state index contributed by atoms with van der Waals surface area (Å²) in [5.74, 6) is -0.462. The Hall–Kier alpha value is -1.95. The van der Waals surface area contributed by atoms with Gasteiger partial charge in [0.2, 0.25) is 11.8 Å². The summed E-state index contributed by atoms with van der Waals surface area (Å²) in [5, 5.41) is 2.79. The molecule has 2 fully saturated rings. The Bertz CT molecular complexity index is 593. The second kappa shape index (κ2) is 7.30. The van der Waals surface area contributed by atoms with Crippen molar-refractivity contribution in [3.8, 4) is 0 Å². The largest absolute Gasteiger partial charge is 0.346 e. The summed E-state index contributed by atoms with van der Waals surface area (Å²) in [5.41, 5.74) is 0.823. The van der Waals surface area contributed by atoms with Crippen LogP contribution in [0.2, 0.25) is 0 Å². The number of likely N-dealkylation sites (N-methyl/N-ethyl adjacent to an activating group) is 1. The molecule has 1 heterocycles. The normalized spacial score (nSPS) is 19.8. The fourth-order valence-electron chi connectivity index (χ4n) is 3.18. The SMILES string of the molecule is CN1CCN(C(=O)CNC(=O)C(c2ccc(F)cc2)C2CC2)CC1. The second-order valence-electron chi connectivity index (χ2n) is 6.77. The Morgan fingerprint density at radius 1 is 1.17 bits per heavy atom. The van der Waals surface area contributed by atoms with Gasteiger partial charge in [0.25, 0.3) is 0 Å². The van der Waals surface area contributed by atoms with Gasteiger partial charge in [-0.2, -0.15) is 0 Å². The molecule has 1 N–H and O–H groups in total. The molecule has 5 nitrogen and oxygen atoms in total. The highest BCUT2D eigenvalue weighted by atomic mass is 19.1. The van der Waals surface area contributed by atoms with Crippen LogP contribution in [0.4, 0.5) is 4.39 Å². The van der Waals surface area contributed by atoms with E-state index >= 15 is 0 Å². The summed E-state index contributed by atoms with van der Waals surface area (Å²) in [7, 11) is 2.03. The number of rotatable bonds is 5. The molecule has 1 saturated heterocycles. The van der Waals surface area contributed by atoms with Gasteiger partial charge in [-0.3, -0.25) is 9.59 Å². The molecular formula is C18H24FN3O2. The van der Waals surface area contributed by atoms with E-state index in [9.17, 15) is 14.0 Å². The molecule has 1 unspecified atom stereocenters. The van der Waals surface area contributed by atoms with Crippen molar-refractivity contribution in [3.63, 3.8) is 0 Å². The summed E-state index contributed by atoms with van der Waals surface area (Å²) in [6.45, 7) is 3.16. The summed E-state index contributed by atoms with van der Waals surface area (Å²) in [6.07, 6.45) is 2.00. The zero-order chi connectivity index (χ0) is 17.1. The Morgan fingerprint density at radius 3 is 2.38 bits per heavy atom. The Labute approximate surface area is 141 Å². The van der Waals surface area contributed by atoms with E-state index in [1.54, 1.807) is 17.0 Å². The number of piperazine rings is 1. The first-order chi connectivity index (χ1) is 11.5. The highest BCUT2D eigenvalue weighted by molar-refractivity contribution is 5.89. The first-order valence-corrected chi connectivity index (χ1v) is 8.54. The molecule has 0 spiro atoms. The second-order valence-corrected chi connectivity index (χ2v) is 6.77. The van der Waals surface area contributed by atoms with Crippen LogP contribution in [0.25, 0.3) is 0 Å². The number of hydrogen-bond donors (Lipinski definition) is 1. The number of amides is 2. The van der Waals surface area contributed by atoms with Gasteiger partial charge in [-0.15, -0.1) is 0 Å². The number of carbonyl (C=O) groups is 2. The molecule has 1 aromatic carbocycles. The van der Waals surface area contributed by atoms with Crippen LogP contribution in [0.15, 0.2) is 24.3 Å². The lowest BCUT2D eigenvalue weighted by Gasteiger charge is -2.32. The van der Waals surface area contributed by atoms with E-state index in [0.29, 0.717) is 19.0 Å². The van der Waals surface area contributed by atoms with Gasteiger partial charge in [-0.05, 0) is 43.5 Å². The van der Waals surface area contributed by atoms with Crippen molar-refractivity contribution in [2.24, 2.45) is 5.92 Å². The third-order valence-electron chi connectivity index (χ3n) is 4.87. The first kappa shape index (κ1) is 16.9. The summed E-state index contributed by atoms with van der Waals surface area (Å²) in [6, 6.07) is 6.10. The van der Waals surface area contributed by atoms with Crippen molar-refractivity contribution in [1.29, 1.82) is 0 Å². The van der Waals surface area contributed by atoms with E-state index in [2.05, 4.69) is 10.2 Å². The van der Waals surface area contributed by atoms with Crippen molar-refractivity contribution in [2.45, 2.75) is 18.8 Å². The fraction of sp³-hybridized carbons (Fsp3) is 0.556. The monoisotopic (exact) mass is 333 g/mol. The molecule has 1 aliphatic carbocycles. The molecule has 1 saturated carbocycles. The van der Waals surface area contributed by atoms with Crippen LogP contribution in [0.3, 0.4) is 0 Å². The molecule has 3 rings (SSSR count). The summed E-state index contributed by atoms with van der Waals surface area (Å²) < 4.78 is 13.1. The minimum absolute atomic E-state index is 0.0347. The molecule has 0 bridgehead atoms. The third-order valence-corrected chi connectivity index (χ3v) is 4.87. The maximum Gasteiger partial charge on any atom is 0.242 e. The average molecular weight is 333 g/mol. The van der Waals surface area contributed by atoms with E-state index < -0.39 is 0 Å². The number of hydrogen-bond acceptors (Lipinski definition) is 3. The quantitative estimate of drug-likeness (QED) is 0.881. The molecule has 24 heavy (non-hydrogen) atoms. The first-order valence-electron chi connectivity index (χ1n) is 8.54. The van der Waals surface area contributed by atoms with E-state index in [4.69, 9.17) is 0 Å². The van der Waals surface area contributed by atoms with Crippen LogP contribution in [-0.2, 0) is 9.59 Å². The topological polar surface area (TPSA) is 52.6 Å². The predicted molar refractivity (Wildman–Crippen MR) is 89.0 cm³/mol. The molecule has 130 valence electrons. The van der Waals surface area contributed by atoms with Gasteiger partial charge in [0.1, 0.15) is 5.82 Å². The van der Waals surface area contributed by atoms with Gasteiger partial charge >= 0.3 is 0 Å². The molecule has 2 amide bonds. The van der Waals surface area contributed by atoms with Crippen molar-refractivity contribution < 1.29 is 14.0 Å². The fourth-order valence-corrected chi connectivity index (χ4v) is 3.18. The van der Waals surface area contributed by atoms with Gasteiger partial charge in [0.05, 0.1) is 12.5 Å². The van der Waals surface area contributed by atoms with E-state index in [1.165, 1.54) is 12.1 Å². The third kappa shape index (κ3) is 4.12. The maximum atomic E-state index is 13.1. The Kier molecular flexibility index (Phi) is 5.14. The highest BCUT2D eigenvalue weighted by Crippen LogP contribution is 2.42. The number of nitrogens with one attached hydrogen (secondary N) is 1. The smallest absolute Gasteiger partial charge is 0.242 e. The number of nitrogens with zero attached hydrogens (tertiary/aromatic N) is 2. The van der Waals surface area contributed by atoms with Crippen LogP contribution >= 0.6 is 0 Å². The standard InChI is InChI=1S/C18H24FN3O2/c1-21-8-10-22(11-9-21)16(23)12-20-18(24)17(13-2-3-13)14-4-6-15(19)7-5-14/h4-7,13,17H,2-3,8-12H2,1H3,(H,20,24). The van der Waals surface area contributed by atoms with Crippen molar-refractivity contribution in [2.75, 3.05) is 39.8 Å². The number of halogens is 1. The van der Waals surface area contributed by atoms with Crippen LogP contribution in [-0.4, -0.2) is 61.4 Å². The summed E-state index contributed by atoms with van der Waals surface area (Å²) >= 11 is 0. The Morgan fingerprint density at radius 2 is 1.79 bits per heavy atom. The number of carbonyl (C=O) groups excluding carboxylic acids is 2.